The molecule has 0 radical (unpaired) electrons. The maximum atomic E-state index is 13.1. The monoisotopic (exact) mass is 473 g/mol. The molecule has 0 aliphatic carbocycles. The summed E-state index contributed by atoms with van der Waals surface area (Å²) in [4.78, 5) is 14.2. The molecular formula is C26H32FNO6. The third kappa shape index (κ3) is 5.31. The number of ether oxygens (including phenoxy) is 1. The van der Waals surface area contributed by atoms with Crippen molar-refractivity contribution in [1.29, 1.82) is 0 Å². The van der Waals surface area contributed by atoms with Crippen LogP contribution >= 0.6 is 0 Å². The van der Waals surface area contributed by atoms with E-state index in [9.17, 15) is 29.6 Å². The lowest BCUT2D eigenvalue weighted by atomic mass is 9.89. The van der Waals surface area contributed by atoms with Gasteiger partial charge in [-0.1, -0.05) is 37.1 Å². The second-order valence-corrected chi connectivity index (χ2v) is 9.19. The van der Waals surface area contributed by atoms with Crippen molar-refractivity contribution in [1.82, 2.24) is 0 Å². The Morgan fingerprint density at radius 3 is 2.21 bits per heavy atom. The largest absolute Gasteiger partial charge is 0.394 e. The lowest BCUT2D eigenvalue weighted by Gasteiger charge is -2.40. The smallest absolute Gasteiger partial charge is 0.236 e. The van der Waals surface area contributed by atoms with Crippen LogP contribution in [0.25, 0.3) is 0 Å². The minimum Gasteiger partial charge on any atom is -0.394 e. The molecule has 34 heavy (non-hydrogen) atoms. The average Bonchev–Trinajstić information content (AvgIpc) is 2.85. The molecule has 2 heterocycles. The topological polar surface area (TPSA) is 110 Å². The van der Waals surface area contributed by atoms with Gasteiger partial charge < -0.3 is 30.1 Å². The van der Waals surface area contributed by atoms with Crippen LogP contribution < -0.4 is 4.90 Å². The first-order chi connectivity index (χ1) is 16.4. The minimum absolute atomic E-state index is 0.0209. The summed E-state index contributed by atoms with van der Waals surface area (Å²) in [5, 5.41) is 39.1. The van der Waals surface area contributed by atoms with Crippen LogP contribution in [-0.4, -0.2) is 70.0 Å². The number of benzene rings is 2. The Morgan fingerprint density at radius 2 is 1.56 bits per heavy atom. The molecule has 0 saturated carbocycles. The molecular weight excluding hydrogens is 441 g/mol. The fraction of sp³-hybridized carbons (Fsp3) is 0.500. The van der Waals surface area contributed by atoms with E-state index in [4.69, 9.17) is 4.74 Å². The quantitative estimate of drug-likeness (QED) is 0.327. The fourth-order valence-electron chi connectivity index (χ4n) is 4.71. The van der Waals surface area contributed by atoms with Gasteiger partial charge in [-0.25, -0.2) is 4.39 Å². The summed E-state index contributed by atoms with van der Waals surface area (Å²) < 4.78 is 18.6. The fourth-order valence-corrected chi connectivity index (χ4v) is 4.71. The zero-order valence-electron chi connectivity index (χ0n) is 19.0. The number of anilines is 1. The maximum absolute atomic E-state index is 13.1. The normalized spacial score (nSPS) is 29.2. The summed E-state index contributed by atoms with van der Waals surface area (Å²) in [7, 11) is 0. The number of amides is 1. The summed E-state index contributed by atoms with van der Waals surface area (Å²) in [5.41, 5.74) is 2.87. The van der Waals surface area contributed by atoms with Gasteiger partial charge in [-0.3, -0.25) is 4.79 Å². The molecule has 2 aromatic carbocycles. The van der Waals surface area contributed by atoms with Crippen LogP contribution in [0.5, 0.6) is 0 Å². The highest BCUT2D eigenvalue weighted by Gasteiger charge is 2.43. The van der Waals surface area contributed by atoms with Gasteiger partial charge in [0.1, 0.15) is 30.2 Å². The van der Waals surface area contributed by atoms with E-state index in [-0.39, 0.29) is 17.6 Å². The first-order valence-electron chi connectivity index (χ1n) is 11.9. The number of nitrogens with zero attached hydrogens (tertiary/aromatic N) is 1. The molecule has 4 N–H and O–H groups in total. The number of aliphatic hydroxyl groups excluding tert-OH is 4. The van der Waals surface area contributed by atoms with E-state index in [1.165, 1.54) is 17.7 Å². The van der Waals surface area contributed by atoms with Crippen LogP contribution in [0.3, 0.4) is 0 Å². The minimum atomic E-state index is -1.32. The van der Waals surface area contributed by atoms with E-state index in [2.05, 4.69) is 0 Å². The van der Waals surface area contributed by atoms with Crippen molar-refractivity contribution in [2.24, 2.45) is 0 Å². The SMILES string of the molecule is O=C1C(c2ccc(CCCCC[C@@H]3O[C@H](CO)[C@@H](O)[C@H](O)[C@H]3O)cc2)CN1c1ccc(F)cc1. The van der Waals surface area contributed by atoms with Crippen molar-refractivity contribution in [3.05, 3.63) is 65.5 Å². The third-order valence-electron chi connectivity index (χ3n) is 6.89. The Balaban J connectivity index is 1.19. The molecule has 184 valence electrons. The summed E-state index contributed by atoms with van der Waals surface area (Å²) >= 11 is 0. The summed E-state index contributed by atoms with van der Waals surface area (Å²) in [6.07, 6.45) is -1.21. The van der Waals surface area contributed by atoms with E-state index >= 15 is 0 Å². The van der Waals surface area contributed by atoms with Crippen molar-refractivity contribution in [3.63, 3.8) is 0 Å². The highest BCUT2D eigenvalue weighted by Crippen LogP contribution is 2.33. The molecule has 6 atom stereocenters. The molecule has 2 aliphatic heterocycles. The van der Waals surface area contributed by atoms with Crippen LogP contribution in [-0.2, 0) is 16.0 Å². The molecule has 1 unspecified atom stereocenters. The van der Waals surface area contributed by atoms with E-state index in [0.29, 0.717) is 18.7 Å². The van der Waals surface area contributed by atoms with Gasteiger partial charge in [0.25, 0.3) is 0 Å². The zero-order chi connectivity index (χ0) is 24.2. The Bertz CT molecular complexity index is 951. The number of carbonyl (C=O) groups is 1. The second kappa shape index (κ2) is 10.9. The molecule has 4 rings (SSSR count). The predicted molar refractivity (Wildman–Crippen MR) is 124 cm³/mol. The van der Waals surface area contributed by atoms with E-state index in [0.717, 1.165) is 31.2 Å². The van der Waals surface area contributed by atoms with Crippen LogP contribution in [0.2, 0.25) is 0 Å². The standard InChI is InChI=1S/C26H32FNO6/c27-18-10-12-19(13-11-18)28-14-20(26(28)33)17-8-6-16(7-9-17)4-2-1-3-5-21-23(30)25(32)24(31)22(15-29)34-21/h6-13,20-25,29-32H,1-5,14-15H2/t20?,21-,22+,23-,24+,25+/m0/s1. The van der Waals surface area contributed by atoms with Gasteiger partial charge in [-0.05, 0) is 54.7 Å². The van der Waals surface area contributed by atoms with E-state index in [1.807, 2.05) is 24.3 Å². The van der Waals surface area contributed by atoms with Gasteiger partial charge in [0.15, 0.2) is 0 Å². The Labute approximate surface area is 198 Å². The number of carbonyl (C=O) groups excluding carboxylic acids is 1. The lowest BCUT2D eigenvalue weighted by molar-refractivity contribution is -0.230. The van der Waals surface area contributed by atoms with Gasteiger partial charge in [-0.2, -0.15) is 0 Å². The van der Waals surface area contributed by atoms with Crippen LogP contribution in [0.15, 0.2) is 48.5 Å². The van der Waals surface area contributed by atoms with Gasteiger partial charge >= 0.3 is 0 Å². The van der Waals surface area contributed by atoms with Crippen molar-refractivity contribution >= 4 is 11.6 Å². The average molecular weight is 474 g/mol. The molecule has 2 fully saturated rings. The van der Waals surface area contributed by atoms with Crippen LogP contribution in [0.1, 0.15) is 42.7 Å². The first kappa shape index (κ1) is 24.8. The van der Waals surface area contributed by atoms with Crippen molar-refractivity contribution in [2.75, 3.05) is 18.1 Å². The van der Waals surface area contributed by atoms with Crippen LogP contribution in [0, 0.1) is 5.82 Å². The molecule has 1 amide bonds. The van der Waals surface area contributed by atoms with Gasteiger partial charge in [-0.15, -0.1) is 0 Å². The summed E-state index contributed by atoms with van der Waals surface area (Å²) in [6.45, 7) is 0.177. The Kier molecular flexibility index (Phi) is 7.95. The number of aryl methyl sites for hydroxylation is 1. The van der Waals surface area contributed by atoms with Crippen molar-refractivity contribution in [3.8, 4) is 0 Å². The van der Waals surface area contributed by atoms with Gasteiger partial charge in [0, 0.05) is 12.2 Å². The maximum Gasteiger partial charge on any atom is 0.236 e. The van der Waals surface area contributed by atoms with E-state index < -0.39 is 37.1 Å². The lowest BCUT2D eigenvalue weighted by Crippen LogP contribution is -2.58. The molecule has 7 nitrogen and oxygen atoms in total. The second-order valence-electron chi connectivity index (χ2n) is 9.19. The molecule has 2 aromatic rings. The van der Waals surface area contributed by atoms with Crippen LogP contribution in [0.4, 0.5) is 10.1 Å². The van der Waals surface area contributed by atoms with E-state index in [1.54, 1.807) is 17.0 Å². The van der Waals surface area contributed by atoms with Gasteiger partial charge in [0.05, 0.1) is 18.6 Å². The molecule has 2 aliphatic rings. The van der Waals surface area contributed by atoms with Crippen molar-refractivity contribution < 1.29 is 34.3 Å². The molecule has 0 aromatic heterocycles. The highest BCUT2D eigenvalue weighted by molar-refractivity contribution is 6.04. The predicted octanol–water partition coefficient (Wildman–Crippen LogP) is 1.90. The number of hydrogen-bond acceptors (Lipinski definition) is 6. The highest BCUT2D eigenvalue weighted by atomic mass is 19.1. The number of β-lactam (4-membered cyclic amide) rings is 1. The zero-order valence-corrected chi connectivity index (χ0v) is 19.0. The summed E-state index contributed by atoms with van der Waals surface area (Å²) in [6, 6.07) is 14.0. The number of aliphatic hydroxyl groups is 4. The number of halogens is 1. The molecule has 8 heteroatoms. The Morgan fingerprint density at radius 1 is 0.882 bits per heavy atom. The molecule has 2 saturated heterocycles. The first-order valence-corrected chi connectivity index (χ1v) is 11.9. The summed E-state index contributed by atoms with van der Waals surface area (Å²) in [5.74, 6) is -0.470. The number of unbranched alkanes of at least 4 members (excludes halogenated alkanes) is 2. The molecule has 0 bridgehead atoms. The Hall–Kier alpha value is -2.36. The number of rotatable bonds is 9. The third-order valence-corrected chi connectivity index (χ3v) is 6.89. The van der Waals surface area contributed by atoms with Crippen molar-refractivity contribution in [2.45, 2.75) is 68.5 Å². The van der Waals surface area contributed by atoms with Gasteiger partial charge in [0.2, 0.25) is 5.91 Å². The molecule has 0 spiro atoms. The number of hydrogen-bond donors (Lipinski definition) is 4.